The number of rotatable bonds is 7. The largest absolute Gasteiger partial charge is 0.350 e. The summed E-state index contributed by atoms with van der Waals surface area (Å²) in [6, 6.07) is 24.6. The van der Waals surface area contributed by atoms with Crippen LogP contribution in [0.1, 0.15) is 36.6 Å². The molecule has 5 rings (SSSR count). The third-order valence-corrected chi connectivity index (χ3v) is 6.02. The molecule has 0 spiro atoms. The number of nitrogens with zero attached hydrogens (tertiary/aromatic N) is 2. The zero-order valence-electron chi connectivity index (χ0n) is 18.0. The summed E-state index contributed by atoms with van der Waals surface area (Å²) in [5, 5.41) is 4.06. The molecule has 0 saturated carbocycles. The monoisotopic (exact) mass is 437 g/mol. The molecule has 0 radical (unpaired) electrons. The number of carbonyl (C=O) groups excluding carboxylic acids is 3. The van der Waals surface area contributed by atoms with Crippen LogP contribution in [0.3, 0.4) is 0 Å². The zero-order chi connectivity index (χ0) is 22.8. The highest BCUT2D eigenvalue weighted by molar-refractivity contribution is 6.22. The van der Waals surface area contributed by atoms with Gasteiger partial charge in [-0.2, -0.15) is 0 Å². The second-order valence-electron chi connectivity index (χ2n) is 8.08. The van der Waals surface area contributed by atoms with Crippen molar-refractivity contribution in [3.8, 4) is 0 Å². The number of nitrogens with one attached hydrogen (secondary N) is 1. The van der Waals surface area contributed by atoms with E-state index in [0.717, 1.165) is 16.5 Å². The molecular formula is C27H23N3O3. The van der Waals surface area contributed by atoms with Crippen LogP contribution < -0.4 is 5.32 Å². The van der Waals surface area contributed by atoms with Gasteiger partial charge in [-0.1, -0.05) is 48.5 Å². The van der Waals surface area contributed by atoms with Gasteiger partial charge in [0.2, 0.25) is 0 Å². The highest BCUT2D eigenvalue weighted by Crippen LogP contribution is 2.24. The molecular weight excluding hydrogens is 414 g/mol. The van der Waals surface area contributed by atoms with Gasteiger partial charge in [0.05, 0.1) is 11.1 Å². The third-order valence-electron chi connectivity index (χ3n) is 6.02. The number of para-hydroxylation sites is 1. The first kappa shape index (κ1) is 20.7. The Bertz CT molecular complexity index is 1360. The van der Waals surface area contributed by atoms with E-state index in [4.69, 9.17) is 0 Å². The topological polar surface area (TPSA) is 71.4 Å². The van der Waals surface area contributed by atoms with Crippen LogP contribution in [0.25, 0.3) is 10.9 Å². The van der Waals surface area contributed by atoms with Crippen LogP contribution in [-0.2, 0) is 13.0 Å². The van der Waals surface area contributed by atoms with Gasteiger partial charge < -0.3 is 9.88 Å². The first-order valence-corrected chi connectivity index (χ1v) is 11.0. The average Bonchev–Trinajstić information content (AvgIpc) is 3.37. The Morgan fingerprint density at radius 2 is 1.55 bits per heavy atom. The van der Waals surface area contributed by atoms with E-state index in [2.05, 4.69) is 16.0 Å². The number of fused-ring (bicyclic) bond motifs is 2. The second-order valence-corrected chi connectivity index (χ2v) is 8.08. The summed E-state index contributed by atoms with van der Waals surface area (Å²) in [5.74, 6) is -0.922. The van der Waals surface area contributed by atoms with Crippen molar-refractivity contribution in [2.75, 3.05) is 13.1 Å². The van der Waals surface area contributed by atoms with E-state index in [1.165, 1.54) is 11.0 Å². The molecule has 3 aromatic carbocycles. The lowest BCUT2D eigenvalue weighted by Crippen LogP contribution is -2.31. The van der Waals surface area contributed by atoms with Gasteiger partial charge in [0.15, 0.2) is 0 Å². The summed E-state index contributed by atoms with van der Waals surface area (Å²) in [7, 11) is 0. The van der Waals surface area contributed by atoms with Crippen LogP contribution in [0.2, 0.25) is 0 Å². The van der Waals surface area contributed by atoms with Crippen molar-refractivity contribution in [1.82, 2.24) is 14.8 Å². The van der Waals surface area contributed by atoms with Crippen molar-refractivity contribution >= 4 is 28.6 Å². The van der Waals surface area contributed by atoms with Crippen LogP contribution >= 0.6 is 0 Å². The Morgan fingerprint density at radius 3 is 2.39 bits per heavy atom. The number of imide groups is 1. The number of carbonyl (C=O) groups is 3. The van der Waals surface area contributed by atoms with E-state index in [1.54, 1.807) is 12.1 Å². The fraction of sp³-hybridized carbons (Fsp3) is 0.148. The predicted molar refractivity (Wildman–Crippen MR) is 126 cm³/mol. The lowest BCUT2D eigenvalue weighted by molar-refractivity contribution is 0.0656. The molecule has 0 atom stereocenters. The van der Waals surface area contributed by atoms with Crippen molar-refractivity contribution in [3.05, 3.63) is 107 Å². The Hall–Kier alpha value is -4.19. The maximum absolute atomic E-state index is 12.9. The van der Waals surface area contributed by atoms with Crippen molar-refractivity contribution in [1.29, 1.82) is 0 Å². The number of hydrogen-bond acceptors (Lipinski definition) is 3. The zero-order valence-corrected chi connectivity index (χ0v) is 18.0. The number of amides is 3. The Morgan fingerprint density at radius 1 is 0.788 bits per heavy atom. The molecule has 2 heterocycles. The summed E-state index contributed by atoms with van der Waals surface area (Å²) >= 11 is 0. The summed E-state index contributed by atoms with van der Waals surface area (Å²) < 4.78 is 2.09. The van der Waals surface area contributed by atoms with E-state index in [-0.39, 0.29) is 23.3 Å². The van der Waals surface area contributed by atoms with Crippen molar-refractivity contribution in [2.24, 2.45) is 0 Å². The Balaban J connectivity index is 1.23. The highest BCUT2D eigenvalue weighted by atomic mass is 16.2. The Labute approximate surface area is 191 Å². The fourth-order valence-corrected chi connectivity index (χ4v) is 4.25. The minimum atomic E-state index is -0.348. The lowest BCUT2D eigenvalue weighted by Gasteiger charge is -2.13. The van der Waals surface area contributed by atoms with Gasteiger partial charge in [-0.05, 0) is 47.7 Å². The van der Waals surface area contributed by atoms with E-state index >= 15 is 0 Å². The van der Waals surface area contributed by atoms with Crippen LogP contribution in [0, 0.1) is 0 Å². The minimum Gasteiger partial charge on any atom is -0.350 e. The highest BCUT2D eigenvalue weighted by Gasteiger charge is 2.35. The second kappa shape index (κ2) is 8.74. The molecule has 0 fully saturated rings. The molecule has 0 unspecified atom stereocenters. The molecule has 1 aliphatic heterocycles. The van der Waals surface area contributed by atoms with Gasteiger partial charge in [-0.3, -0.25) is 19.3 Å². The molecule has 1 N–H and O–H groups in total. The van der Waals surface area contributed by atoms with Gasteiger partial charge in [0.25, 0.3) is 17.7 Å². The maximum Gasteiger partial charge on any atom is 0.261 e. The molecule has 33 heavy (non-hydrogen) atoms. The van der Waals surface area contributed by atoms with E-state index in [0.29, 0.717) is 37.2 Å². The molecule has 4 aromatic rings. The number of benzene rings is 3. The van der Waals surface area contributed by atoms with Crippen molar-refractivity contribution in [2.45, 2.75) is 13.0 Å². The van der Waals surface area contributed by atoms with Gasteiger partial charge in [0, 0.05) is 36.9 Å². The van der Waals surface area contributed by atoms with E-state index in [9.17, 15) is 14.4 Å². The third kappa shape index (κ3) is 4.03. The molecule has 0 aliphatic carbocycles. The van der Waals surface area contributed by atoms with Crippen molar-refractivity contribution in [3.63, 3.8) is 0 Å². The van der Waals surface area contributed by atoms with Crippen LogP contribution in [0.15, 0.2) is 85.1 Å². The first-order valence-electron chi connectivity index (χ1n) is 11.0. The summed E-state index contributed by atoms with van der Waals surface area (Å²) in [6.07, 6.45) is 2.59. The first-order chi connectivity index (χ1) is 16.1. The maximum atomic E-state index is 12.9. The quantitative estimate of drug-likeness (QED) is 0.446. The van der Waals surface area contributed by atoms with E-state index < -0.39 is 0 Å². The molecule has 6 nitrogen and oxygen atoms in total. The molecule has 0 bridgehead atoms. The van der Waals surface area contributed by atoms with Gasteiger partial charge >= 0.3 is 0 Å². The molecule has 164 valence electrons. The summed E-state index contributed by atoms with van der Waals surface area (Å²) in [4.78, 5) is 39.5. The van der Waals surface area contributed by atoms with Crippen molar-refractivity contribution < 1.29 is 14.4 Å². The van der Waals surface area contributed by atoms with Crippen LogP contribution in [0.4, 0.5) is 0 Å². The fourth-order valence-electron chi connectivity index (χ4n) is 4.25. The average molecular weight is 437 g/mol. The minimum absolute atomic E-state index is 0.266. The predicted octanol–water partition coefficient (Wildman–Crippen LogP) is 3.91. The smallest absolute Gasteiger partial charge is 0.261 e. The molecule has 1 aromatic heterocycles. The molecule has 1 aliphatic rings. The van der Waals surface area contributed by atoms with Gasteiger partial charge in [0.1, 0.15) is 0 Å². The SMILES string of the molecule is O=C(NCCn1ccc2ccccc21)c1ccc2c(c1)C(=O)N(CCc1ccccc1)C2=O. The number of aromatic nitrogens is 1. The number of hydrogen-bond donors (Lipinski definition) is 1. The van der Waals surface area contributed by atoms with Gasteiger partial charge in [-0.15, -0.1) is 0 Å². The summed E-state index contributed by atoms with van der Waals surface area (Å²) in [6.45, 7) is 1.39. The van der Waals surface area contributed by atoms with Crippen LogP contribution in [-0.4, -0.2) is 40.3 Å². The molecule has 0 saturated heterocycles. The molecule has 3 amide bonds. The normalized spacial score (nSPS) is 12.9. The van der Waals surface area contributed by atoms with Crippen LogP contribution in [0.5, 0.6) is 0 Å². The van der Waals surface area contributed by atoms with E-state index in [1.807, 2.05) is 60.8 Å². The Kier molecular flexibility index (Phi) is 5.48. The van der Waals surface area contributed by atoms with Gasteiger partial charge in [-0.25, -0.2) is 0 Å². The molecule has 6 heteroatoms. The lowest BCUT2D eigenvalue weighted by atomic mass is 10.1. The standard InChI is InChI=1S/C27H23N3O3/c31-25(28-14-17-29-15-13-20-8-4-5-9-24(20)29)21-10-11-22-23(18-21)27(33)30(26(22)32)16-12-19-6-2-1-3-7-19/h1-11,13,15,18H,12,14,16-17H2,(H,28,31). The summed E-state index contributed by atoms with van der Waals surface area (Å²) in [5.41, 5.74) is 3.19.